The molecule has 35 heavy (non-hydrogen) atoms. The van der Waals surface area contributed by atoms with Gasteiger partial charge in [0.2, 0.25) is 5.91 Å². The van der Waals surface area contributed by atoms with E-state index in [4.69, 9.17) is 4.74 Å². The molecule has 1 aliphatic carbocycles. The fourth-order valence-corrected chi connectivity index (χ4v) is 4.82. The molecule has 1 aliphatic rings. The van der Waals surface area contributed by atoms with Crippen LogP contribution in [0.5, 0.6) is 0 Å². The number of hydrogen-bond acceptors (Lipinski definition) is 6. The summed E-state index contributed by atoms with van der Waals surface area (Å²) >= 11 is 1.35. The van der Waals surface area contributed by atoms with Crippen molar-refractivity contribution in [1.29, 1.82) is 0 Å². The van der Waals surface area contributed by atoms with Crippen LogP contribution in [-0.4, -0.2) is 33.2 Å². The predicted molar refractivity (Wildman–Crippen MR) is 123 cm³/mol. The van der Waals surface area contributed by atoms with E-state index in [0.29, 0.717) is 19.4 Å². The fourth-order valence-electron chi connectivity index (χ4n) is 4.01. The number of fused-ring (bicyclic) bond motifs is 1. The van der Waals surface area contributed by atoms with Gasteiger partial charge in [-0.15, -0.1) is 11.3 Å². The second-order valence-electron chi connectivity index (χ2n) is 8.39. The summed E-state index contributed by atoms with van der Waals surface area (Å²) in [6.45, 7) is 1.50. The Balaban J connectivity index is 1.22. The van der Waals surface area contributed by atoms with Gasteiger partial charge in [0.05, 0.1) is 5.01 Å². The quantitative estimate of drug-likeness (QED) is 0.355. The number of aromatic nitrogens is 3. The maximum absolute atomic E-state index is 12.7. The second kappa shape index (κ2) is 10.6. The topological polar surface area (TPSA) is 86.1 Å². The van der Waals surface area contributed by atoms with Crippen LogP contribution in [-0.2, 0) is 35.1 Å². The van der Waals surface area contributed by atoms with Crippen LogP contribution in [0.15, 0.2) is 35.7 Å². The lowest BCUT2D eigenvalue weighted by Crippen LogP contribution is -2.29. The number of benzene rings is 1. The number of amides is 1. The molecule has 3 aromatic rings. The van der Waals surface area contributed by atoms with Crippen molar-refractivity contribution in [2.75, 3.05) is 6.54 Å². The molecule has 2 aromatic heterocycles. The molecule has 2 heterocycles. The van der Waals surface area contributed by atoms with Gasteiger partial charge in [-0.1, -0.05) is 24.3 Å². The van der Waals surface area contributed by atoms with Gasteiger partial charge in [-0.05, 0) is 49.8 Å². The van der Waals surface area contributed by atoms with Crippen LogP contribution >= 0.6 is 11.3 Å². The number of carbonyl (C=O) groups excluding carboxylic acids is 2. The van der Waals surface area contributed by atoms with E-state index < -0.39 is 23.7 Å². The molecule has 1 aromatic carbocycles. The Hall–Kier alpha value is -3.21. The van der Waals surface area contributed by atoms with Crippen molar-refractivity contribution >= 4 is 23.2 Å². The number of carbonyl (C=O) groups is 2. The fraction of sp³-hybridized carbons (Fsp3) is 0.417. The first-order valence-corrected chi connectivity index (χ1v) is 12.2. The molecule has 0 fully saturated rings. The van der Waals surface area contributed by atoms with Gasteiger partial charge in [0.25, 0.3) is 0 Å². The molecule has 0 bridgehead atoms. The zero-order valence-corrected chi connectivity index (χ0v) is 19.9. The summed E-state index contributed by atoms with van der Waals surface area (Å²) < 4.78 is 45.0. The van der Waals surface area contributed by atoms with Crippen LogP contribution in [0.25, 0.3) is 0 Å². The first-order valence-electron chi connectivity index (χ1n) is 11.3. The Morgan fingerprint density at radius 3 is 2.86 bits per heavy atom. The van der Waals surface area contributed by atoms with Crippen molar-refractivity contribution in [1.82, 2.24) is 20.1 Å². The highest BCUT2D eigenvalue weighted by Crippen LogP contribution is 2.33. The SMILES string of the molecule is Cc1cc(C(F)(F)F)nn1CC(=O)NCCCc1nc(C(=O)OC2CCCc3ccccc32)cs1. The average Bonchev–Trinajstić information content (AvgIpc) is 3.44. The molecule has 0 spiro atoms. The van der Waals surface area contributed by atoms with Crippen LogP contribution in [0.1, 0.15) is 63.4 Å². The number of aryl methyl sites for hydroxylation is 3. The molecular formula is C24H25F3N4O3S. The lowest BCUT2D eigenvalue weighted by atomic mass is 9.89. The minimum Gasteiger partial charge on any atom is -0.453 e. The minimum atomic E-state index is -4.55. The lowest BCUT2D eigenvalue weighted by molar-refractivity contribution is -0.141. The average molecular weight is 507 g/mol. The van der Waals surface area contributed by atoms with E-state index in [-0.39, 0.29) is 24.0 Å². The number of hydrogen-bond donors (Lipinski definition) is 1. The summed E-state index contributed by atoms with van der Waals surface area (Å²) in [7, 11) is 0. The number of ether oxygens (including phenoxy) is 1. The first kappa shape index (κ1) is 24.9. The van der Waals surface area contributed by atoms with Gasteiger partial charge < -0.3 is 10.1 Å². The molecule has 1 N–H and O–H groups in total. The van der Waals surface area contributed by atoms with Crippen LogP contribution < -0.4 is 5.32 Å². The van der Waals surface area contributed by atoms with E-state index in [1.807, 2.05) is 18.2 Å². The summed E-state index contributed by atoms with van der Waals surface area (Å²) in [6.07, 6.45) is -0.969. The van der Waals surface area contributed by atoms with Crippen molar-refractivity contribution in [2.24, 2.45) is 0 Å². The monoisotopic (exact) mass is 506 g/mol. The first-order chi connectivity index (χ1) is 16.7. The van der Waals surface area contributed by atoms with Gasteiger partial charge in [0, 0.05) is 24.0 Å². The van der Waals surface area contributed by atoms with Crippen LogP contribution in [0.3, 0.4) is 0 Å². The Labute approximate surface area is 204 Å². The molecule has 0 saturated heterocycles. The number of nitrogens with one attached hydrogen (secondary N) is 1. The maximum Gasteiger partial charge on any atom is 0.435 e. The summed E-state index contributed by atoms with van der Waals surface area (Å²) in [5.74, 6) is -0.878. The van der Waals surface area contributed by atoms with E-state index in [1.165, 1.54) is 23.8 Å². The van der Waals surface area contributed by atoms with Gasteiger partial charge in [-0.2, -0.15) is 18.3 Å². The van der Waals surface area contributed by atoms with Crippen molar-refractivity contribution in [3.8, 4) is 0 Å². The minimum absolute atomic E-state index is 0.256. The van der Waals surface area contributed by atoms with Gasteiger partial charge in [0.15, 0.2) is 11.4 Å². The number of rotatable bonds is 8. The van der Waals surface area contributed by atoms with Crippen molar-refractivity contribution in [3.05, 3.63) is 68.9 Å². The Morgan fingerprint density at radius 1 is 1.29 bits per heavy atom. The zero-order valence-electron chi connectivity index (χ0n) is 19.1. The number of esters is 1. The molecule has 0 aliphatic heterocycles. The zero-order chi connectivity index (χ0) is 25.0. The summed E-state index contributed by atoms with van der Waals surface area (Å²) in [5.41, 5.74) is 1.77. The summed E-state index contributed by atoms with van der Waals surface area (Å²) in [5, 5.41) is 8.54. The van der Waals surface area contributed by atoms with Gasteiger partial charge >= 0.3 is 12.1 Å². The molecule has 0 radical (unpaired) electrons. The van der Waals surface area contributed by atoms with Crippen molar-refractivity contribution in [3.63, 3.8) is 0 Å². The number of halogens is 3. The smallest absolute Gasteiger partial charge is 0.435 e. The largest absolute Gasteiger partial charge is 0.453 e. The second-order valence-corrected chi connectivity index (χ2v) is 9.33. The van der Waals surface area contributed by atoms with Gasteiger partial charge in [0.1, 0.15) is 12.6 Å². The van der Waals surface area contributed by atoms with Gasteiger partial charge in [-0.3, -0.25) is 9.48 Å². The third-order valence-electron chi connectivity index (χ3n) is 5.78. The Morgan fingerprint density at radius 2 is 2.09 bits per heavy atom. The molecule has 0 saturated carbocycles. The van der Waals surface area contributed by atoms with Gasteiger partial charge in [-0.25, -0.2) is 9.78 Å². The molecule has 1 atom stereocenters. The Bertz CT molecular complexity index is 1200. The molecule has 1 amide bonds. The van der Waals surface area contributed by atoms with E-state index in [1.54, 1.807) is 5.38 Å². The number of alkyl halides is 3. The van der Waals surface area contributed by atoms with E-state index in [9.17, 15) is 22.8 Å². The van der Waals surface area contributed by atoms with E-state index in [0.717, 1.165) is 40.6 Å². The van der Waals surface area contributed by atoms with Crippen molar-refractivity contribution < 1.29 is 27.5 Å². The molecule has 7 nitrogen and oxygen atoms in total. The van der Waals surface area contributed by atoms with E-state index in [2.05, 4.69) is 21.5 Å². The highest BCUT2D eigenvalue weighted by Gasteiger charge is 2.34. The highest BCUT2D eigenvalue weighted by atomic mass is 32.1. The summed E-state index contributed by atoms with van der Waals surface area (Å²) in [4.78, 5) is 29.0. The van der Waals surface area contributed by atoms with Crippen molar-refractivity contribution in [2.45, 2.75) is 57.9 Å². The molecule has 11 heteroatoms. The Kier molecular flexibility index (Phi) is 7.54. The molecule has 1 unspecified atom stereocenters. The number of thiazole rings is 1. The van der Waals surface area contributed by atoms with Crippen LogP contribution in [0, 0.1) is 6.92 Å². The standard InChI is InChI=1S/C24H25F3N4O3S/c1-15-12-20(24(25,26)27)30-31(15)13-21(32)28-11-5-10-22-29-18(14-35-22)23(33)34-19-9-4-7-16-6-2-3-8-17(16)19/h2-3,6,8,12,14,19H,4-5,7,9-11,13H2,1H3,(H,28,32). The van der Waals surface area contributed by atoms with E-state index >= 15 is 0 Å². The summed E-state index contributed by atoms with van der Waals surface area (Å²) in [6, 6.07) is 8.90. The third kappa shape index (κ3) is 6.27. The maximum atomic E-state index is 12.7. The third-order valence-corrected chi connectivity index (χ3v) is 6.69. The highest BCUT2D eigenvalue weighted by molar-refractivity contribution is 7.09. The molecular weight excluding hydrogens is 481 g/mol. The predicted octanol–water partition coefficient (Wildman–Crippen LogP) is 4.65. The molecule has 186 valence electrons. The normalized spacial score (nSPS) is 15.5. The number of nitrogens with zero attached hydrogens (tertiary/aromatic N) is 3. The van der Waals surface area contributed by atoms with Crippen LogP contribution in [0.4, 0.5) is 13.2 Å². The molecule has 4 rings (SSSR count). The van der Waals surface area contributed by atoms with Crippen LogP contribution in [0.2, 0.25) is 0 Å². The lowest BCUT2D eigenvalue weighted by Gasteiger charge is -2.25.